The van der Waals surface area contributed by atoms with Gasteiger partial charge in [0, 0.05) is 17.8 Å². The minimum atomic E-state index is -0.303. The van der Waals surface area contributed by atoms with E-state index in [2.05, 4.69) is 20.6 Å². The fourth-order valence-electron chi connectivity index (χ4n) is 2.93. The van der Waals surface area contributed by atoms with Gasteiger partial charge < -0.3 is 15.7 Å². The molecule has 5 N–H and O–H groups in total. The minimum Gasteiger partial charge on any atom is -0.391 e. The van der Waals surface area contributed by atoms with Gasteiger partial charge in [-0.25, -0.2) is 13.9 Å². The molecule has 9 heteroatoms. The molecule has 3 heterocycles. The summed E-state index contributed by atoms with van der Waals surface area (Å²) < 4.78 is 15.1. The molecule has 8 nitrogen and oxygen atoms in total. The lowest BCUT2D eigenvalue weighted by molar-refractivity contribution is -0.689. The molecule has 0 saturated carbocycles. The number of benzene rings is 1. The van der Waals surface area contributed by atoms with Crippen LogP contribution in [0.2, 0.25) is 0 Å². The van der Waals surface area contributed by atoms with Gasteiger partial charge in [-0.3, -0.25) is 5.10 Å². The van der Waals surface area contributed by atoms with Gasteiger partial charge in [-0.15, -0.1) is 5.10 Å². The van der Waals surface area contributed by atoms with E-state index in [4.69, 9.17) is 4.98 Å². The molecule has 1 atom stereocenters. The number of anilines is 2. The molecule has 0 aliphatic rings. The van der Waals surface area contributed by atoms with E-state index in [1.165, 1.54) is 12.1 Å². The number of nitrogens with zero attached hydrogens (tertiary/aromatic N) is 4. The lowest BCUT2D eigenvalue weighted by Crippen LogP contribution is -2.86. The molecule has 3 aromatic heterocycles. The molecule has 4 aromatic rings. The Labute approximate surface area is 154 Å². The van der Waals surface area contributed by atoms with Gasteiger partial charge in [0.1, 0.15) is 17.2 Å². The maximum Gasteiger partial charge on any atom is 0.214 e. The SMILES string of the molecule is OCC[NH2+]C(c1ccc(F)cc1)c1nc(Nc2ccn[nH]2)c2cccn2n1. The lowest BCUT2D eigenvalue weighted by Gasteiger charge is -2.16. The predicted molar refractivity (Wildman–Crippen MR) is 97.0 cm³/mol. The van der Waals surface area contributed by atoms with E-state index in [1.807, 2.05) is 23.6 Å². The number of fused-ring (bicyclic) bond motifs is 1. The summed E-state index contributed by atoms with van der Waals surface area (Å²) in [5, 5.41) is 25.8. The average molecular weight is 368 g/mol. The van der Waals surface area contributed by atoms with Crippen molar-refractivity contribution in [3.8, 4) is 0 Å². The van der Waals surface area contributed by atoms with Crippen molar-refractivity contribution in [3.05, 3.63) is 72.1 Å². The first-order chi connectivity index (χ1) is 13.2. The maximum absolute atomic E-state index is 13.3. The van der Waals surface area contributed by atoms with Gasteiger partial charge in [-0.2, -0.15) is 5.10 Å². The number of nitrogens with one attached hydrogen (secondary N) is 2. The summed E-state index contributed by atoms with van der Waals surface area (Å²) in [7, 11) is 0. The zero-order chi connectivity index (χ0) is 18.6. The fourth-order valence-corrected chi connectivity index (χ4v) is 2.93. The van der Waals surface area contributed by atoms with E-state index in [-0.39, 0.29) is 18.5 Å². The van der Waals surface area contributed by atoms with Gasteiger partial charge in [0.25, 0.3) is 0 Å². The number of aliphatic hydroxyl groups is 1. The van der Waals surface area contributed by atoms with Crippen molar-refractivity contribution in [1.29, 1.82) is 0 Å². The van der Waals surface area contributed by atoms with Crippen LogP contribution < -0.4 is 10.6 Å². The van der Waals surface area contributed by atoms with Crippen molar-refractivity contribution in [2.75, 3.05) is 18.5 Å². The summed E-state index contributed by atoms with van der Waals surface area (Å²) in [6, 6.07) is 11.5. The van der Waals surface area contributed by atoms with E-state index >= 15 is 0 Å². The topological polar surface area (TPSA) is 108 Å². The number of aliphatic hydroxyl groups excluding tert-OH is 1. The Hall–Kier alpha value is -3.30. The first kappa shape index (κ1) is 17.1. The molecule has 0 aliphatic heterocycles. The zero-order valence-corrected chi connectivity index (χ0v) is 14.4. The molecule has 27 heavy (non-hydrogen) atoms. The average Bonchev–Trinajstić information content (AvgIpc) is 3.35. The van der Waals surface area contributed by atoms with Crippen molar-refractivity contribution < 1.29 is 14.8 Å². The third-order valence-electron chi connectivity index (χ3n) is 4.20. The number of hydrogen-bond donors (Lipinski definition) is 4. The van der Waals surface area contributed by atoms with E-state index in [0.29, 0.717) is 24.0 Å². The van der Waals surface area contributed by atoms with Crippen LogP contribution in [0.1, 0.15) is 17.4 Å². The van der Waals surface area contributed by atoms with Crippen LogP contribution in [-0.2, 0) is 0 Å². The van der Waals surface area contributed by atoms with E-state index in [1.54, 1.807) is 28.9 Å². The largest absolute Gasteiger partial charge is 0.391 e. The number of hydrogen-bond acceptors (Lipinski definition) is 5. The second-order valence-corrected chi connectivity index (χ2v) is 6.03. The summed E-state index contributed by atoms with van der Waals surface area (Å²) >= 11 is 0. The summed E-state index contributed by atoms with van der Waals surface area (Å²) in [6.07, 6.45) is 3.49. The van der Waals surface area contributed by atoms with Gasteiger partial charge in [-0.1, -0.05) is 0 Å². The highest BCUT2D eigenvalue weighted by Crippen LogP contribution is 2.22. The van der Waals surface area contributed by atoms with E-state index < -0.39 is 0 Å². The van der Waals surface area contributed by atoms with Crippen molar-refractivity contribution in [2.45, 2.75) is 6.04 Å². The van der Waals surface area contributed by atoms with Crippen LogP contribution in [0.4, 0.5) is 16.0 Å². The first-order valence-electron chi connectivity index (χ1n) is 8.56. The molecule has 0 bridgehead atoms. The Morgan fingerprint density at radius 2 is 2.07 bits per heavy atom. The fraction of sp³-hybridized carbons (Fsp3) is 0.167. The predicted octanol–water partition coefficient (Wildman–Crippen LogP) is 0.980. The van der Waals surface area contributed by atoms with Gasteiger partial charge in [0.2, 0.25) is 5.82 Å². The van der Waals surface area contributed by atoms with Crippen LogP contribution in [0.5, 0.6) is 0 Å². The number of halogens is 1. The molecule has 1 unspecified atom stereocenters. The standard InChI is InChI=1S/C18H18FN7O/c19-13-5-3-12(4-6-13)16(20-9-11-27)18-23-17(22-15-7-8-21-24-15)14-2-1-10-26(14)25-18/h1-8,10,16,20,27H,9,11H2,(H2,21,22,23,24,25)/p+1. The van der Waals surface area contributed by atoms with Crippen LogP contribution >= 0.6 is 0 Å². The van der Waals surface area contributed by atoms with Gasteiger partial charge in [0.15, 0.2) is 11.9 Å². The van der Waals surface area contributed by atoms with Crippen LogP contribution in [0.3, 0.4) is 0 Å². The number of H-pyrrole nitrogens is 1. The van der Waals surface area contributed by atoms with Crippen molar-refractivity contribution in [2.24, 2.45) is 0 Å². The highest BCUT2D eigenvalue weighted by Gasteiger charge is 2.23. The monoisotopic (exact) mass is 368 g/mol. The van der Waals surface area contributed by atoms with E-state index in [0.717, 1.165) is 11.1 Å². The van der Waals surface area contributed by atoms with Crippen LogP contribution in [-0.4, -0.2) is 43.1 Å². The maximum atomic E-state index is 13.3. The zero-order valence-electron chi connectivity index (χ0n) is 14.4. The molecule has 0 amide bonds. The van der Waals surface area contributed by atoms with E-state index in [9.17, 15) is 9.50 Å². The summed E-state index contributed by atoms with van der Waals surface area (Å²) in [5.74, 6) is 1.57. The Morgan fingerprint density at radius 3 is 2.81 bits per heavy atom. The van der Waals surface area contributed by atoms with Crippen molar-refractivity contribution in [3.63, 3.8) is 0 Å². The number of aromatic amines is 1. The molecule has 0 aliphatic carbocycles. The minimum absolute atomic E-state index is 0.0166. The highest BCUT2D eigenvalue weighted by atomic mass is 19.1. The lowest BCUT2D eigenvalue weighted by atomic mass is 10.1. The third kappa shape index (κ3) is 3.64. The third-order valence-corrected chi connectivity index (χ3v) is 4.20. The van der Waals surface area contributed by atoms with Crippen LogP contribution in [0, 0.1) is 5.82 Å². The Bertz CT molecular complexity index is 1010. The first-order valence-corrected chi connectivity index (χ1v) is 8.56. The van der Waals surface area contributed by atoms with Crippen molar-refractivity contribution >= 4 is 17.2 Å². The van der Waals surface area contributed by atoms with Crippen molar-refractivity contribution in [1.82, 2.24) is 24.8 Å². The quantitative estimate of drug-likeness (QED) is 0.389. The molecule has 0 fully saturated rings. The summed E-state index contributed by atoms with van der Waals surface area (Å²) in [5.41, 5.74) is 1.66. The van der Waals surface area contributed by atoms with Gasteiger partial charge in [-0.05, 0) is 36.4 Å². The molecular formula is C18H19FN7O+. The normalized spacial score (nSPS) is 12.4. The molecule has 0 saturated heterocycles. The second kappa shape index (κ2) is 7.52. The molecule has 0 radical (unpaired) electrons. The number of rotatable bonds is 7. The van der Waals surface area contributed by atoms with Gasteiger partial charge in [0.05, 0.1) is 19.3 Å². The molecule has 138 valence electrons. The Kier molecular flexibility index (Phi) is 4.77. The molecule has 0 spiro atoms. The Balaban J connectivity index is 1.77. The Morgan fingerprint density at radius 1 is 1.22 bits per heavy atom. The molecule has 1 aromatic carbocycles. The summed E-state index contributed by atoms with van der Waals surface area (Å²) in [6.45, 7) is 0.487. The van der Waals surface area contributed by atoms with Crippen LogP contribution in [0.15, 0.2) is 54.9 Å². The molecule has 4 rings (SSSR count). The smallest absolute Gasteiger partial charge is 0.214 e. The highest BCUT2D eigenvalue weighted by molar-refractivity contribution is 5.71. The number of nitrogens with two attached hydrogens (primary N) is 1. The number of quaternary nitrogens is 1. The van der Waals surface area contributed by atoms with Gasteiger partial charge >= 0.3 is 0 Å². The molecular weight excluding hydrogens is 349 g/mol. The summed E-state index contributed by atoms with van der Waals surface area (Å²) in [4.78, 5) is 4.70. The van der Waals surface area contributed by atoms with Crippen LogP contribution in [0.25, 0.3) is 5.52 Å². The second-order valence-electron chi connectivity index (χ2n) is 6.03. The number of aromatic nitrogens is 5.